The van der Waals surface area contributed by atoms with Crippen LogP contribution in [0.4, 0.5) is 5.13 Å². The number of fused-ring (bicyclic) bond motifs is 1. The highest BCUT2D eigenvalue weighted by Gasteiger charge is 2.24. The number of aromatic nitrogens is 3. The summed E-state index contributed by atoms with van der Waals surface area (Å²) < 4.78 is 25.1. The number of anilines is 1. The van der Waals surface area contributed by atoms with Gasteiger partial charge in [0.2, 0.25) is 0 Å². The average Bonchev–Trinajstić information content (AvgIpc) is 3.19. The summed E-state index contributed by atoms with van der Waals surface area (Å²) in [7, 11) is -3.31. The summed E-state index contributed by atoms with van der Waals surface area (Å²) in [6.07, 6.45) is 5.17. The molecule has 0 aliphatic rings. The van der Waals surface area contributed by atoms with Crippen LogP contribution in [0.5, 0.6) is 0 Å². The fourth-order valence-electron chi connectivity index (χ4n) is 2.66. The number of thiazole rings is 1. The molecule has 0 saturated heterocycles. The predicted octanol–water partition coefficient (Wildman–Crippen LogP) is 3.12. The normalized spacial score (nSPS) is 13.2. The standard InChI is InChI=1S/C17H20N4O3S2/c1-11(2)8-15(16(22)19-17-18-6-7-25-17)21-10-12-4-5-13(26(3,23)24)9-14(12)20-21/h4-7,9-11,15H,8H2,1-3H3,(H,18,19,22). The number of amides is 1. The van der Waals surface area contributed by atoms with Crippen molar-refractivity contribution in [3.05, 3.63) is 36.0 Å². The van der Waals surface area contributed by atoms with Gasteiger partial charge in [0.05, 0.1) is 10.4 Å². The molecule has 3 rings (SSSR count). The summed E-state index contributed by atoms with van der Waals surface area (Å²) in [5, 5.41) is 10.4. The lowest BCUT2D eigenvalue weighted by Crippen LogP contribution is -2.27. The van der Waals surface area contributed by atoms with Gasteiger partial charge >= 0.3 is 0 Å². The Hall–Kier alpha value is -2.26. The average molecular weight is 393 g/mol. The van der Waals surface area contributed by atoms with Crippen LogP contribution in [0.1, 0.15) is 26.3 Å². The number of rotatable bonds is 6. The highest BCUT2D eigenvalue weighted by Crippen LogP contribution is 2.24. The summed E-state index contributed by atoms with van der Waals surface area (Å²) in [6, 6.07) is 4.29. The highest BCUT2D eigenvalue weighted by atomic mass is 32.2. The number of carbonyl (C=O) groups excluding carboxylic acids is 1. The number of nitrogens with one attached hydrogen (secondary N) is 1. The van der Waals surface area contributed by atoms with Crippen molar-refractivity contribution in [2.75, 3.05) is 11.6 Å². The number of carbonyl (C=O) groups is 1. The summed E-state index contributed by atoms with van der Waals surface area (Å²) in [5.41, 5.74) is 0.545. The molecule has 1 atom stereocenters. The van der Waals surface area contributed by atoms with Gasteiger partial charge in [0.25, 0.3) is 5.91 Å². The van der Waals surface area contributed by atoms with Crippen molar-refractivity contribution in [1.29, 1.82) is 0 Å². The lowest BCUT2D eigenvalue weighted by atomic mass is 10.0. The van der Waals surface area contributed by atoms with Gasteiger partial charge in [0, 0.05) is 29.4 Å². The molecule has 1 amide bonds. The summed E-state index contributed by atoms with van der Waals surface area (Å²) in [6.45, 7) is 4.07. The molecule has 0 spiro atoms. The molecule has 7 nitrogen and oxygen atoms in total. The minimum atomic E-state index is -3.31. The molecule has 0 aliphatic carbocycles. The fraction of sp³-hybridized carbons (Fsp3) is 0.353. The molecule has 138 valence electrons. The van der Waals surface area contributed by atoms with Gasteiger partial charge in [-0.3, -0.25) is 9.48 Å². The van der Waals surface area contributed by atoms with Gasteiger partial charge in [-0.2, -0.15) is 5.10 Å². The largest absolute Gasteiger partial charge is 0.300 e. The molecular formula is C17H20N4O3S2. The number of benzene rings is 1. The Morgan fingerprint density at radius 3 is 2.73 bits per heavy atom. The first-order chi connectivity index (χ1) is 12.2. The highest BCUT2D eigenvalue weighted by molar-refractivity contribution is 7.90. The molecule has 0 fully saturated rings. The van der Waals surface area contributed by atoms with Crippen molar-refractivity contribution in [3.63, 3.8) is 0 Å². The second kappa shape index (κ2) is 7.16. The van der Waals surface area contributed by atoms with Crippen LogP contribution in [0.3, 0.4) is 0 Å². The molecular weight excluding hydrogens is 372 g/mol. The zero-order valence-corrected chi connectivity index (χ0v) is 16.3. The Morgan fingerprint density at radius 1 is 1.35 bits per heavy atom. The maximum Gasteiger partial charge on any atom is 0.251 e. The van der Waals surface area contributed by atoms with Crippen LogP contribution in [0, 0.1) is 5.92 Å². The lowest BCUT2D eigenvalue weighted by molar-refractivity contribution is -0.120. The third kappa shape index (κ3) is 4.10. The topological polar surface area (TPSA) is 94.0 Å². The first-order valence-electron chi connectivity index (χ1n) is 8.13. The van der Waals surface area contributed by atoms with Crippen molar-refractivity contribution in [3.8, 4) is 0 Å². The third-order valence-electron chi connectivity index (χ3n) is 3.90. The summed E-state index contributed by atoms with van der Waals surface area (Å²) >= 11 is 1.35. The van der Waals surface area contributed by atoms with E-state index in [1.807, 2.05) is 13.8 Å². The van der Waals surface area contributed by atoms with Crippen LogP contribution in [-0.2, 0) is 14.6 Å². The molecule has 1 aromatic carbocycles. The molecule has 26 heavy (non-hydrogen) atoms. The molecule has 3 aromatic rings. The fourth-order valence-corrected chi connectivity index (χ4v) is 3.83. The van der Waals surface area contributed by atoms with E-state index >= 15 is 0 Å². The van der Waals surface area contributed by atoms with E-state index in [1.54, 1.807) is 34.6 Å². The number of nitrogens with zero attached hydrogens (tertiary/aromatic N) is 3. The number of hydrogen-bond acceptors (Lipinski definition) is 6. The minimum Gasteiger partial charge on any atom is -0.300 e. The molecule has 2 heterocycles. The van der Waals surface area contributed by atoms with Crippen molar-refractivity contribution < 1.29 is 13.2 Å². The van der Waals surface area contributed by atoms with Crippen LogP contribution in [-0.4, -0.2) is 35.3 Å². The third-order valence-corrected chi connectivity index (χ3v) is 5.70. The monoisotopic (exact) mass is 392 g/mol. The van der Waals surface area contributed by atoms with Crippen molar-refractivity contribution in [1.82, 2.24) is 14.8 Å². The smallest absolute Gasteiger partial charge is 0.251 e. The Labute approximate surface area is 156 Å². The second-order valence-corrected chi connectivity index (χ2v) is 9.48. The maximum atomic E-state index is 12.7. The molecule has 0 bridgehead atoms. The molecule has 0 saturated carbocycles. The lowest BCUT2D eigenvalue weighted by Gasteiger charge is -2.18. The number of hydrogen-bond donors (Lipinski definition) is 1. The molecule has 1 N–H and O–H groups in total. The SMILES string of the molecule is CC(C)CC(C(=O)Nc1nccs1)n1cc2ccc(S(C)(=O)=O)cc2n1. The Bertz CT molecular complexity index is 1020. The van der Waals surface area contributed by atoms with E-state index in [2.05, 4.69) is 15.4 Å². The van der Waals surface area contributed by atoms with Gasteiger partial charge in [0.1, 0.15) is 6.04 Å². The maximum absolute atomic E-state index is 12.7. The van der Waals surface area contributed by atoms with E-state index in [0.29, 0.717) is 17.1 Å². The van der Waals surface area contributed by atoms with Gasteiger partial charge in [-0.1, -0.05) is 13.8 Å². The van der Waals surface area contributed by atoms with Crippen LogP contribution in [0.2, 0.25) is 0 Å². The van der Waals surface area contributed by atoms with Gasteiger partial charge in [-0.15, -0.1) is 11.3 Å². The van der Waals surface area contributed by atoms with E-state index in [9.17, 15) is 13.2 Å². The van der Waals surface area contributed by atoms with E-state index in [0.717, 1.165) is 11.6 Å². The summed E-state index contributed by atoms with van der Waals surface area (Å²) in [5.74, 6) is 0.0886. The van der Waals surface area contributed by atoms with Crippen molar-refractivity contribution in [2.45, 2.75) is 31.2 Å². The van der Waals surface area contributed by atoms with Gasteiger partial charge in [-0.05, 0) is 30.5 Å². The predicted molar refractivity (Wildman–Crippen MR) is 102 cm³/mol. The van der Waals surface area contributed by atoms with Crippen LogP contribution in [0.25, 0.3) is 10.9 Å². The molecule has 0 aliphatic heterocycles. The first kappa shape index (κ1) is 18.5. The molecule has 0 radical (unpaired) electrons. The minimum absolute atomic E-state index is 0.190. The zero-order chi connectivity index (χ0) is 18.9. The summed E-state index contributed by atoms with van der Waals surface area (Å²) in [4.78, 5) is 17.0. The Morgan fingerprint density at radius 2 is 2.12 bits per heavy atom. The quantitative estimate of drug-likeness (QED) is 0.695. The number of sulfone groups is 1. The first-order valence-corrected chi connectivity index (χ1v) is 10.9. The van der Waals surface area contributed by atoms with Gasteiger partial charge < -0.3 is 5.32 Å². The van der Waals surface area contributed by atoms with E-state index < -0.39 is 15.9 Å². The van der Waals surface area contributed by atoms with Gasteiger partial charge in [-0.25, -0.2) is 13.4 Å². The van der Waals surface area contributed by atoms with Crippen molar-refractivity contribution in [2.24, 2.45) is 5.92 Å². The van der Waals surface area contributed by atoms with E-state index in [-0.39, 0.29) is 16.7 Å². The second-order valence-electron chi connectivity index (χ2n) is 6.57. The molecule has 1 unspecified atom stereocenters. The van der Waals surface area contributed by atoms with Gasteiger partial charge in [0.15, 0.2) is 15.0 Å². The van der Waals surface area contributed by atoms with Crippen LogP contribution >= 0.6 is 11.3 Å². The van der Waals surface area contributed by atoms with E-state index in [1.165, 1.54) is 17.4 Å². The Balaban J connectivity index is 1.96. The van der Waals surface area contributed by atoms with E-state index in [4.69, 9.17) is 0 Å². The van der Waals surface area contributed by atoms with Crippen LogP contribution < -0.4 is 5.32 Å². The molecule has 2 aromatic heterocycles. The zero-order valence-electron chi connectivity index (χ0n) is 14.7. The van der Waals surface area contributed by atoms with Crippen LogP contribution in [0.15, 0.2) is 40.9 Å². The Kier molecular flexibility index (Phi) is 5.10. The molecule has 9 heteroatoms. The van der Waals surface area contributed by atoms with Crippen molar-refractivity contribution >= 4 is 43.1 Å².